The number of benzene rings is 2. The van der Waals surface area contributed by atoms with Gasteiger partial charge in [0, 0.05) is 13.1 Å². The lowest BCUT2D eigenvalue weighted by Crippen LogP contribution is -2.17. The smallest absolute Gasteiger partial charge is 0.267 e. The van der Waals surface area contributed by atoms with Crippen LogP contribution in [0.1, 0.15) is 23.0 Å². The van der Waals surface area contributed by atoms with Crippen LogP contribution < -0.4 is 11.2 Å². The molecule has 128 valence electrons. The van der Waals surface area contributed by atoms with E-state index in [0.717, 1.165) is 22.4 Å². The van der Waals surface area contributed by atoms with Crippen LogP contribution in [0.4, 0.5) is 0 Å². The molecule has 1 atom stereocenters. The third kappa shape index (κ3) is 3.76. The summed E-state index contributed by atoms with van der Waals surface area (Å²) in [5.41, 5.74) is 11.7. The lowest BCUT2D eigenvalue weighted by atomic mass is 10.1. The maximum absolute atomic E-state index is 11.1. The molecule has 1 amide bonds. The Hall–Kier alpha value is -2.96. The van der Waals surface area contributed by atoms with Crippen LogP contribution in [-0.2, 0) is 18.3 Å². The van der Waals surface area contributed by atoms with E-state index < -0.39 is 5.91 Å². The first-order valence-corrected chi connectivity index (χ1v) is 7.96. The van der Waals surface area contributed by atoms with Crippen LogP contribution in [-0.4, -0.2) is 20.7 Å². The van der Waals surface area contributed by atoms with E-state index in [4.69, 9.17) is 10.9 Å². The minimum atomic E-state index is -0.577. The quantitative estimate of drug-likeness (QED) is 0.379. The monoisotopic (exact) mass is 336 g/mol. The molecule has 6 nitrogen and oxygen atoms in total. The Morgan fingerprint density at radius 2 is 2.08 bits per heavy atom. The number of amides is 1. The summed E-state index contributed by atoms with van der Waals surface area (Å²) in [5.74, 6) is 0.236. The van der Waals surface area contributed by atoms with Gasteiger partial charge in [-0.1, -0.05) is 36.4 Å². The molecule has 0 spiro atoms. The molecule has 4 N–H and O–H groups in total. The van der Waals surface area contributed by atoms with Crippen molar-refractivity contribution >= 4 is 23.0 Å². The van der Waals surface area contributed by atoms with Crippen molar-refractivity contribution < 1.29 is 10.0 Å². The number of hydroxylamine groups is 1. The molecule has 1 heterocycles. The predicted octanol–water partition coefficient (Wildman–Crippen LogP) is 2.33. The highest BCUT2D eigenvalue weighted by Crippen LogP contribution is 2.22. The van der Waals surface area contributed by atoms with E-state index >= 15 is 0 Å². The average molecular weight is 336 g/mol. The fraction of sp³-hybridized carbons (Fsp3) is 0.158. The van der Waals surface area contributed by atoms with Gasteiger partial charge in [0.05, 0.1) is 17.1 Å². The second-order valence-electron chi connectivity index (χ2n) is 5.88. The Kier molecular flexibility index (Phi) is 4.92. The van der Waals surface area contributed by atoms with Gasteiger partial charge < -0.3 is 10.3 Å². The van der Waals surface area contributed by atoms with Gasteiger partial charge in [-0.2, -0.15) is 0 Å². The second-order valence-corrected chi connectivity index (χ2v) is 5.88. The third-order valence-electron chi connectivity index (χ3n) is 4.11. The average Bonchev–Trinajstić information content (AvgIpc) is 2.97. The molecule has 3 rings (SSSR count). The lowest BCUT2D eigenvalue weighted by molar-refractivity contribution is -0.124. The van der Waals surface area contributed by atoms with Crippen molar-refractivity contribution in [2.45, 2.75) is 12.5 Å². The minimum Gasteiger partial charge on any atom is -0.330 e. The molecule has 0 aliphatic carbocycles. The molecule has 0 saturated carbocycles. The molecule has 0 radical (unpaired) electrons. The zero-order valence-corrected chi connectivity index (χ0v) is 13.9. The van der Waals surface area contributed by atoms with E-state index in [1.807, 2.05) is 48.0 Å². The van der Waals surface area contributed by atoms with Gasteiger partial charge in [-0.25, -0.2) is 10.5 Å². The van der Waals surface area contributed by atoms with Gasteiger partial charge in [0.1, 0.15) is 5.82 Å². The molecule has 25 heavy (non-hydrogen) atoms. The molecule has 0 fully saturated rings. The normalized spacial score (nSPS) is 12.6. The largest absolute Gasteiger partial charge is 0.330 e. The molecule has 3 aromatic rings. The lowest BCUT2D eigenvalue weighted by Gasteiger charge is -2.11. The minimum absolute atomic E-state index is 0.209. The first-order chi connectivity index (χ1) is 12.1. The standard InChI is InChI=1S/C19H20N4O2/c1-23-17-9-7-14(8-10-18(24)22-25)12-16(17)21-19(23)15(20)11-13-5-3-2-4-6-13/h2-10,12,15,25H,11,20H2,1H3,(H,22,24)/b10-8+. The zero-order valence-electron chi connectivity index (χ0n) is 13.9. The van der Waals surface area contributed by atoms with Crippen molar-refractivity contribution in [3.63, 3.8) is 0 Å². The highest BCUT2D eigenvalue weighted by molar-refractivity contribution is 5.91. The molecular formula is C19H20N4O2. The molecule has 0 aliphatic heterocycles. The van der Waals surface area contributed by atoms with Gasteiger partial charge in [0.15, 0.2) is 0 Å². The van der Waals surface area contributed by atoms with Crippen molar-refractivity contribution in [2.75, 3.05) is 0 Å². The number of hydrogen-bond donors (Lipinski definition) is 3. The first-order valence-electron chi connectivity index (χ1n) is 7.96. The van der Waals surface area contributed by atoms with Crippen molar-refractivity contribution in [1.82, 2.24) is 15.0 Å². The van der Waals surface area contributed by atoms with Gasteiger partial charge in [-0.15, -0.1) is 0 Å². The van der Waals surface area contributed by atoms with Crippen LogP contribution in [0.15, 0.2) is 54.6 Å². The number of rotatable bonds is 5. The maximum Gasteiger partial charge on any atom is 0.267 e. The van der Waals surface area contributed by atoms with Gasteiger partial charge in [0.2, 0.25) is 0 Å². The number of fused-ring (bicyclic) bond motifs is 1. The van der Waals surface area contributed by atoms with Crippen LogP contribution in [0.5, 0.6) is 0 Å². The third-order valence-corrected chi connectivity index (χ3v) is 4.11. The Labute approximate surface area is 145 Å². The van der Waals surface area contributed by atoms with Crippen molar-refractivity contribution in [2.24, 2.45) is 12.8 Å². The molecule has 0 bridgehead atoms. The summed E-state index contributed by atoms with van der Waals surface area (Å²) in [6, 6.07) is 15.6. The van der Waals surface area contributed by atoms with E-state index in [-0.39, 0.29) is 6.04 Å². The van der Waals surface area contributed by atoms with Gasteiger partial charge in [-0.05, 0) is 35.8 Å². The van der Waals surface area contributed by atoms with E-state index in [1.54, 1.807) is 11.6 Å². The SMILES string of the molecule is Cn1c(C(N)Cc2ccccc2)nc2cc(/C=C/C(=O)NO)ccc21. The number of aryl methyl sites for hydroxylation is 1. The Morgan fingerprint density at radius 1 is 1.32 bits per heavy atom. The summed E-state index contributed by atoms with van der Waals surface area (Å²) >= 11 is 0. The van der Waals surface area contributed by atoms with Crippen LogP contribution in [0.2, 0.25) is 0 Å². The summed E-state index contributed by atoms with van der Waals surface area (Å²) in [7, 11) is 1.95. The summed E-state index contributed by atoms with van der Waals surface area (Å²) < 4.78 is 2.00. The van der Waals surface area contributed by atoms with Crippen molar-refractivity contribution in [3.8, 4) is 0 Å². The number of aromatic nitrogens is 2. The number of carbonyl (C=O) groups is 1. The Bertz CT molecular complexity index is 916. The van der Waals surface area contributed by atoms with Crippen LogP contribution in [0, 0.1) is 0 Å². The Balaban J connectivity index is 1.88. The van der Waals surface area contributed by atoms with E-state index in [0.29, 0.717) is 6.42 Å². The van der Waals surface area contributed by atoms with Gasteiger partial charge in [-0.3, -0.25) is 10.0 Å². The molecule has 6 heteroatoms. The number of carbonyl (C=O) groups excluding carboxylic acids is 1. The van der Waals surface area contributed by atoms with Crippen molar-refractivity contribution in [1.29, 1.82) is 0 Å². The number of imidazole rings is 1. The summed E-state index contributed by atoms with van der Waals surface area (Å²) in [6.45, 7) is 0. The maximum atomic E-state index is 11.1. The second kappa shape index (κ2) is 7.29. The molecular weight excluding hydrogens is 316 g/mol. The number of nitrogens with two attached hydrogens (primary N) is 1. The number of nitrogens with zero attached hydrogens (tertiary/aromatic N) is 2. The molecule has 2 aromatic carbocycles. The summed E-state index contributed by atoms with van der Waals surface area (Å²) in [4.78, 5) is 15.8. The van der Waals surface area contributed by atoms with Crippen LogP contribution in [0.25, 0.3) is 17.1 Å². The fourth-order valence-corrected chi connectivity index (χ4v) is 2.84. The number of hydrogen-bond acceptors (Lipinski definition) is 4. The summed E-state index contributed by atoms with van der Waals surface area (Å²) in [6.07, 6.45) is 3.58. The van der Waals surface area contributed by atoms with Gasteiger partial charge >= 0.3 is 0 Å². The highest BCUT2D eigenvalue weighted by Gasteiger charge is 2.15. The van der Waals surface area contributed by atoms with E-state index in [2.05, 4.69) is 17.1 Å². The summed E-state index contributed by atoms with van der Waals surface area (Å²) in [5, 5.41) is 8.53. The van der Waals surface area contributed by atoms with E-state index in [1.165, 1.54) is 11.6 Å². The fourth-order valence-electron chi connectivity index (χ4n) is 2.84. The number of nitrogens with one attached hydrogen (secondary N) is 1. The molecule has 0 aliphatic rings. The first kappa shape index (κ1) is 16.9. The van der Waals surface area contributed by atoms with E-state index in [9.17, 15) is 4.79 Å². The van der Waals surface area contributed by atoms with Crippen LogP contribution >= 0.6 is 0 Å². The van der Waals surface area contributed by atoms with Crippen molar-refractivity contribution in [3.05, 3.63) is 71.6 Å². The molecule has 0 saturated heterocycles. The van der Waals surface area contributed by atoms with Crippen LogP contribution in [0.3, 0.4) is 0 Å². The molecule has 1 unspecified atom stereocenters. The predicted molar refractivity (Wildman–Crippen MR) is 96.8 cm³/mol. The van der Waals surface area contributed by atoms with Gasteiger partial charge in [0.25, 0.3) is 5.91 Å². The highest BCUT2D eigenvalue weighted by atomic mass is 16.5. The Morgan fingerprint density at radius 3 is 2.80 bits per heavy atom. The zero-order chi connectivity index (χ0) is 17.8. The molecule has 1 aromatic heterocycles. The topological polar surface area (TPSA) is 93.2 Å².